The summed E-state index contributed by atoms with van der Waals surface area (Å²) in [5.74, 6) is -1.98. The number of furan rings is 1. The Kier molecular flexibility index (Phi) is 2.32. The van der Waals surface area contributed by atoms with Crippen LogP contribution in [0.1, 0.15) is 22.5 Å². The Labute approximate surface area is 85.3 Å². The second kappa shape index (κ2) is 3.51. The van der Waals surface area contributed by atoms with Crippen molar-refractivity contribution in [2.24, 2.45) is 5.92 Å². The number of carbonyl (C=O) groups excluding carboxylic acids is 1. The van der Waals surface area contributed by atoms with Crippen LogP contribution in [-0.4, -0.2) is 28.1 Å². The number of hydrogen-bond acceptors (Lipinski definition) is 4. The minimum absolute atomic E-state index is 0.312. The Morgan fingerprint density at radius 3 is 3.00 bits per heavy atom. The van der Waals surface area contributed by atoms with Gasteiger partial charge in [-0.3, -0.25) is 4.79 Å². The molecular formula is C10H10O5. The summed E-state index contributed by atoms with van der Waals surface area (Å²) in [5.41, 5.74) is 0.395. The molecule has 0 aliphatic heterocycles. The van der Waals surface area contributed by atoms with Crippen molar-refractivity contribution in [1.82, 2.24) is 0 Å². The van der Waals surface area contributed by atoms with Gasteiger partial charge in [0, 0.05) is 6.42 Å². The third-order valence-corrected chi connectivity index (χ3v) is 2.66. The maximum absolute atomic E-state index is 11.7. The van der Waals surface area contributed by atoms with Gasteiger partial charge in [0.05, 0.1) is 17.7 Å². The first kappa shape index (κ1) is 9.92. The van der Waals surface area contributed by atoms with Gasteiger partial charge in [-0.05, 0) is 12.5 Å². The van der Waals surface area contributed by atoms with E-state index in [1.807, 2.05) is 0 Å². The van der Waals surface area contributed by atoms with E-state index in [1.54, 1.807) is 0 Å². The van der Waals surface area contributed by atoms with E-state index in [-0.39, 0.29) is 5.78 Å². The molecule has 5 nitrogen and oxygen atoms in total. The SMILES string of the molecule is O=C(O)C(O)C1CCc2occc2C1=O. The summed E-state index contributed by atoms with van der Waals surface area (Å²) in [6.45, 7) is 0. The minimum atomic E-state index is -1.62. The van der Waals surface area contributed by atoms with E-state index in [0.29, 0.717) is 24.2 Å². The van der Waals surface area contributed by atoms with E-state index in [0.717, 1.165) is 0 Å². The average Bonchev–Trinajstić information content (AvgIpc) is 2.66. The monoisotopic (exact) mass is 210 g/mol. The molecule has 0 spiro atoms. The number of aliphatic carboxylic acids is 1. The lowest BCUT2D eigenvalue weighted by atomic mass is 9.83. The summed E-state index contributed by atoms with van der Waals surface area (Å²) < 4.78 is 5.07. The van der Waals surface area contributed by atoms with Crippen LogP contribution in [0.4, 0.5) is 0 Å². The summed E-state index contributed by atoms with van der Waals surface area (Å²) in [6.07, 6.45) is 0.578. The lowest BCUT2D eigenvalue weighted by Gasteiger charge is -2.21. The molecule has 1 aromatic rings. The van der Waals surface area contributed by atoms with Crippen molar-refractivity contribution in [3.63, 3.8) is 0 Å². The summed E-state index contributed by atoms with van der Waals surface area (Å²) in [7, 11) is 0. The second-order valence-electron chi connectivity index (χ2n) is 3.55. The number of carbonyl (C=O) groups is 2. The van der Waals surface area contributed by atoms with Gasteiger partial charge in [-0.25, -0.2) is 4.79 Å². The molecule has 1 aromatic heterocycles. The number of aliphatic hydroxyl groups excluding tert-OH is 1. The van der Waals surface area contributed by atoms with E-state index >= 15 is 0 Å². The van der Waals surface area contributed by atoms with Crippen LogP contribution < -0.4 is 0 Å². The highest BCUT2D eigenvalue weighted by molar-refractivity contribution is 6.02. The smallest absolute Gasteiger partial charge is 0.333 e. The molecule has 2 rings (SSSR count). The fraction of sp³-hybridized carbons (Fsp3) is 0.400. The van der Waals surface area contributed by atoms with Crippen molar-refractivity contribution < 1.29 is 24.2 Å². The lowest BCUT2D eigenvalue weighted by molar-refractivity contribution is -0.148. The van der Waals surface area contributed by atoms with E-state index in [9.17, 15) is 14.7 Å². The summed E-state index contributed by atoms with van der Waals surface area (Å²) in [6, 6.07) is 1.51. The van der Waals surface area contributed by atoms with Crippen LogP contribution in [0.15, 0.2) is 16.7 Å². The predicted molar refractivity (Wildman–Crippen MR) is 48.5 cm³/mol. The first-order chi connectivity index (χ1) is 7.11. The number of fused-ring (bicyclic) bond motifs is 1. The van der Waals surface area contributed by atoms with Crippen molar-refractivity contribution in [3.8, 4) is 0 Å². The standard InChI is InChI=1S/C10H10O5/c11-8-5-3-4-15-7(5)2-1-6(8)9(12)10(13)14/h3-4,6,9,12H,1-2H2,(H,13,14). The number of hydrogen-bond donors (Lipinski definition) is 2. The van der Waals surface area contributed by atoms with E-state index in [1.165, 1.54) is 12.3 Å². The topological polar surface area (TPSA) is 87.7 Å². The molecule has 0 bridgehead atoms. The molecule has 80 valence electrons. The molecule has 1 aliphatic rings. The minimum Gasteiger partial charge on any atom is -0.479 e. The van der Waals surface area contributed by atoms with Gasteiger partial charge in [0.1, 0.15) is 5.76 Å². The molecule has 1 heterocycles. The number of carboxylic acid groups (broad SMARTS) is 1. The van der Waals surface area contributed by atoms with Crippen LogP contribution in [0.2, 0.25) is 0 Å². The first-order valence-electron chi connectivity index (χ1n) is 4.62. The largest absolute Gasteiger partial charge is 0.479 e. The fourth-order valence-corrected chi connectivity index (χ4v) is 1.84. The van der Waals surface area contributed by atoms with Crippen molar-refractivity contribution in [2.75, 3.05) is 0 Å². The number of Topliss-reactive ketones (excluding diaryl/α,β-unsaturated/α-hetero) is 1. The van der Waals surface area contributed by atoms with Crippen LogP contribution >= 0.6 is 0 Å². The Balaban J connectivity index is 2.27. The van der Waals surface area contributed by atoms with Crippen LogP contribution in [0.25, 0.3) is 0 Å². The third-order valence-electron chi connectivity index (χ3n) is 2.66. The number of aliphatic hydroxyl groups is 1. The summed E-state index contributed by atoms with van der Waals surface area (Å²) in [5, 5.41) is 18.0. The quantitative estimate of drug-likeness (QED) is 0.740. The Morgan fingerprint density at radius 2 is 2.33 bits per heavy atom. The van der Waals surface area contributed by atoms with Crippen LogP contribution in [0.5, 0.6) is 0 Å². The maximum atomic E-state index is 11.7. The fourth-order valence-electron chi connectivity index (χ4n) is 1.84. The maximum Gasteiger partial charge on any atom is 0.333 e. The first-order valence-corrected chi connectivity index (χ1v) is 4.62. The number of ketones is 1. The van der Waals surface area contributed by atoms with Gasteiger partial charge >= 0.3 is 5.97 Å². The molecule has 1 aliphatic carbocycles. The normalized spacial score (nSPS) is 22.2. The number of aryl methyl sites for hydroxylation is 1. The molecule has 0 fully saturated rings. The average molecular weight is 210 g/mol. The highest BCUT2D eigenvalue weighted by atomic mass is 16.4. The van der Waals surface area contributed by atoms with Crippen molar-refractivity contribution >= 4 is 11.8 Å². The van der Waals surface area contributed by atoms with Gasteiger partial charge in [-0.1, -0.05) is 0 Å². The van der Waals surface area contributed by atoms with Crippen molar-refractivity contribution in [2.45, 2.75) is 18.9 Å². The number of carboxylic acids is 1. The molecular weight excluding hydrogens is 200 g/mol. The second-order valence-corrected chi connectivity index (χ2v) is 3.55. The van der Waals surface area contributed by atoms with Crippen LogP contribution in [0, 0.1) is 5.92 Å². The zero-order chi connectivity index (χ0) is 11.0. The Bertz CT molecular complexity index is 406. The molecule has 0 saturated carbocycles. The predicted octanol–water partition coefficient (Wildman–Crippen LogP) is 0.470. The van der Waals surface area contributed by atoms with E-state index in [4.69, 9.17) is 9.52 Å². The van der Waals surface area contributed by atoms with Crippen molar-refractivity contribution in [1.29, 1.82) is 0 Å². The molecule has 2 N–H and O–H groups in total. The highest BCUT2D eigenvalue weighted by Gasteiger charge is 2.37. The molecule has 5 heteroatoms. The molecule has 0 saturated heterocycles. The molecule has 15 heavy (non-hydrogen) atoms. The molecule has 0 radical (unpaired) electrons. The van der Waals surface area contributed by atoms with Crippen molar-refractivity contribution in [3.05, 3.63) is 23.7 Å². The van der Waals surface area contributed by atoms with Crippen LogP contribution in [-0.2, 0) is 11.2 Å². The van der Waals surface area contributed by atoms with Gasteiger partial charge in [0.2, 0.25) is 0 Å². The summed E-state index contributed by atoms with van der Waals surface area (Å²) in [4.78, 5) is 22.3. The molecule has 0 aromatic carbocycles. The zero-order valence-corrected chi connectivity index (χ0v) is 7.84. The van der Waals surface area contributed by atoms with Gasteiger partial charge in [0.25, 0.3) is 0 Å². The Morgan fingerprint density at radius 1 is 1.60 bits per heavy atom. The molecule has 2 atom stereocenters. The highest BCUT2D eigenvalue weighted by Crippen LogP contribution is 2.28. The molecule has 2 unspecified atom stereocenters. The zero-order valence-electron chi connectivity index (χ0n) is 7.84. The lowest BCUT2D eigenvalue weighted by Crippen LogP contribution is -2.37. The summed E-state index contributed by atoms with van der Waals surface area (Å²) >= 11 is 0. The van der Waals surface area contributed by atoms with Gasteiger partial charge in [0.15, 0.2) is 11.9 Å². The van der Waals surface area contributed by atoms with E-state index < -0.39 is 18.0 Å². The third kappa shape index (κ3) is 1.55. The van der Waals surface area contributed by atoms with Gasteiger partial charge in [-0.2, -0.15) is 0 Å². The molecule has 0 amide bonds. The number of rotatable bonds is 2. The Hall–Kier alpha value is -1.62. The van der Waals surface area contributed by atoms with Gasteiger partial charge in [-0.15, -0.1) is 0 Å². The van der Waals surface area contributed by atoms with Gasteiger partial charge < -0.3 is 14.6 Å². The van der Waals surface area contributed by atoms with E-state index in [2.05, 4.69) is 0 Å². The van der Waals surface area contributed by atoms with Crippen LogP contribution in [0.3, 0.4) is 0 Å².